The molecule has 0 aliphatic heterocycles. The van der Waals surface area contributed by atoms with Crippen LogP contribution in [0.25, 0.3) is 11.3 Å². The van der Waals surface area contributed by atoms with E-state index in [0.717, 1.165) is 18.8 Å². The van der Waals surface area contributed by atoms with E-state index in [9.17, 15) is 0 Å². The molecular formula is C16H24N4. The van der Waals surface area contributed by atoms with Crippen molar-refractivity contribution in [2.45, 2.75) is 26.3 Å². The number of H-pyrrole nitrogens is 1. The van der Waals surface area contributed by atoms with Gasteiger partial charge in [0.05, 0.1) is 11.9 Å². The van der Waals surface area contributed by atoms with E-state index in [0.29, 0.717) is 12.5 Å². The predicted octanol–water partition coefficient (Wildman–Crippen LogP) is 2.59. The monoisotopic (exact) mass is 272 g/mol. The molecule has 0 radical (unpaired) electrons. The first-order valence-corrected chi connectivity index (χ1v) is 7.13. The standard InChI is InChI=1S/C16H24N4/c1-12(2)13-4-6-14(7-5-13)16-15(10-18-19-16)11-20(3)9-8-17/h4-7,10,12H,8-9,11,17H2,1-3H3,(H,18,19). The number of nitrogens with zero attached hydrogens (tertiary/aromatic N) is 2. The molecule has 1 heterocycles. The van der Waals surface area contributed by atoms with E-state index in [1.165, 1.54) is 16.7 Å². The van der Waals surface area contributed by atoms with Gasteiger partial charge in [0.2, 0.25) is 0 Å². The molecule has 2 aromatic rings. The molecule has 4 heteroatoms. The molecule has 1 aromatic heterocycles. The summed E-state index contributed by atoms with van der Waals surface area (Å²) in [5.74, 6) is 0.556. The molecule has 0 saturated heterocycles. The molecule has 0 saturated carbocycles. The summed E-state index contributed by atoms with van der Waals surface area (Å²) in [6.45, 7) is 6.83. The third kappa shape index (κ3) is 3.46. The van der Waals surface area contributed by atoms with Gasteiger partial charge in [0.25, 0.3) is 0 Å². The van der Waals surface area contributed by atoms with Gasteiger partial charge in [-0.15, -0.1) is 0 Å². The number of aromatic nitrogens is 2. The second-order valence-electron chi connectivity index (χ2n) is 5.57. The Bertz CT molecular complexity index is 528. The molecule has 0 spiro atoms. The molecule has 0 aliphatic rings. The number of aromatic amines is 1. The van der Waals surface area contributed by atoms with Crippen LogP contribution in [-0.4, -0.2) is 35.2 Å². The fraction of sp³-hybridized carbons (Fsp3) is 0.438. The number of nitrogens with two attached hydrogens (primary N) is 1. The number of nitrogens with one attached hydrogen (secondary N) is 1. The van der Waals surface area contributed by atoms with Crippen LogP contribution in [0.2, 0.25) is 0 Å². The Kier molecular flexibility index (Phi) is 4.93. The fourth-order valence-corrected chi connectivity index (χ4v) is 2.31. The van der Waals surface area contributed by atoms with Crippen LogP contribution < -0.4 is 5.73 Å². The summed E-state index contributed by atoms with van der Waals surface area (Å²) in [6.07, 6.45) is 1.90. The lowest BCUT2D eigenvalue weighted by molar-refractivity contribution is 0.337. The minimum atomic E-state index is 0.556. The van der Waals surface area contributed by atoms with E-state index in [1.54, 1.807) is 0 Å². The van der Waals surface area contributed by atoms with Crippen LogP contribution in [0.1, 0.15) is 30.9 Å². The highest BCUT2D eigenvalue weighted by atomic mass is 15.1. The summed E-state index contributed by atoms with van der Waals surface area (Å²) < 4.78 is 0. The number of likely N-dealkylation sites (N-methyl/N-ethyl adjacent to an activating group) is 1. The van der Waals surface area contributed by atoms with Crippen LogP contribution in [0.3, 0.4) is 0 Å². The minimum absolute atomic E-state index is 0.556. The van der Waals surface area contributed by atoms with Crippen molar-refractivity contribution in [1.82, 2.24) is 15.1 Å². The van der Waals surface area contributed by atoms with Crippen LogP contribution in [0.4, 0.5) is 0 Å². The molecule has 0 atom stereocenters. The van der Waals surface area contributed by atoms with Crippen molar-refractivity contribution < 1.29 is 0 Å². The van der Waals surface area contributed by atoms with Crippen molar-refractivity contribution in [3.05, 3.63) is 41.6 Å². The van der Waals surface area contributed by atoms with Crippen molar-refractivity contribution in [2.75, 3.05) is 20.1 Å². The number of hydrogen-bond acceptors (Lipinski definition) is 3. The zero-order valence-electron chi connectivity index (χ0n) is 12.6. The predicted molar refractivity (Wildman–Crippen MR) is 83.5 cm³/mol. The highest BCUT2D eigenvalue weighted by Gasteiger charge is 2.10. The number of benzene rings is 1. The molecule has 1 aromatic carbocycles. The van der Waals surface area contributed by atoms with Crippen LogP contribution in [0.5, 0.6) is 0 Å². The molecule has 108 valence electrons. The van der Waals surface area contributed by atoms with Gasteiger partial charge in [-0.05, 0) is 24.1 Å². The lowest BCUT2D eigenvalue weighted by Crippen LogP contribution is -2.25. The minimum Gasteiger partial charge on any atom is -0.329 e. The van der Waals surface area contributed by atoms with E-state index in [2.05, 4.69) is 60.3 Å². The van der Waals surface area contributed by atoms with E-state index >= 15 is 0 Å². The molecule has 0 bridgehead atoms. The first-order valence-electron chi connectivity index (χ1n) is 7.13. The van der Waals surface area contributed by atoms with Crippen LogP contribution in [0, 0.1) is 0 Å². The molecular weight excluding hydrogens is 248 g/mol. The lowest BCUT2D eigenvalue weighted by atomic mass is 10.00. The van der Waals surface area contributed by atoms with Crippen molar-refractivity contribution in [1.29, 1.82) is 0 Å². The normalized spacial score (nSPS) is 11.5. The maximum absolute atomic E-state index is 5.59. The molecule has 4 nitrogen and oxygen atoms in total. The highest BCUT2D eigenvalue weighted by Crippen LogP contribution is 2.24. The topological polar surface area (TPSA) is 57.9 Å². The number of hydrogen-bond donors (Lipinski definition) is 2. The maximum Gasteiger partial charge on any atom is 0.0695 e. The summed E-state index contributed by atoms with van der Waals surface area (Å²) in [6, 6.07) is 8.70. The Morgan fingerprint density at radius 1 is 1.25 bits per heavy atom. The third-order valence-electron chi connectivity index (χ3n) is 3.53. The summed E-state index contributed by atoms with van der Waals surface area (Å²) in [5.41, 5.74) is 10.4. The Morgan fingerprint density at radius 3 is 2.55 bits per heavy atom. The van der Waals surface area contributed by atoms with E-state index in [-0.39, 0.29) is 0 Å². The molecule has 20 heavy (non-hydrogen) atoms. The zero-order valence-corrected chi connectivity index (χ0v) is 12.6. The van der Waals surface area contributed by atoms with Crippen molar-refractivity contribution in [3.63, 3.8) is 0 Å². The van der Waals surface area contributed by atoms with Gasteiger partial charge in [-0.2, -0.15) is 5.10 Å². The van der Waals surface area contributed by atoms with Gasteiger partial charge < -0.3 is 10.6 Å². The van der Waals surface area contributed by atoms with Crippen LogP contribution in [0.15, 0.2) is 30.5 Å². The Balaban J connectivity index is 2.18. The number of rotatable bonds is 6. The summed E-state index contributed by atoms with van der Waals surface area (Å²) in [4.78, 5) is 2.21. The van der Waals surface area contributed by atoms with Crippen molar-refractivity contribution >= 4 is 0 Å². The zero-order chi connectivity index (χ0) is 14.5. The molecule has 2 rings (SSSR count). The Morgan fingerprint density at radius 2 is 1.95 bits per heavy atom. The first-order chi connectivity index (χ1) is 9.61. The van der Waals surface area contributed by atoms with Gasteiger partial charge in [0.1, 0.15) is 0 Å². The van der Waals surface area contributed by atoms with E-state index in [1.807, 2.05) is 6.20 Å². The maximum atomic E-state index is 5.59. The first kappa shape index (κ1) is 14.8. The molecule has 0 aliphatic carbocycles. The molecule has 0 amide bonds. The Labute approximate surface area is 121 Å². The van der Waals surface area contributed by atoms with Gasteiger partial charge in [-0.25, -0.2) is 0 Å². The highest BCUT2D eigenvalue weighted by molar-refractivity contribution is 5.63. The fourth-order valence-electron chi connectivity index (χ4n) is 2.31. The Hall–Kier alpha value is -1.65. The summed E-state index contributed by atoms with van der Waals surface area (Å²) in [5, 5.41) is 7.30. The van der Waals surface area contributed by atoms with Gasteiger partial charge in [0, 0.05) is 25.2 Å². The average Bonchev–Trinajstić information content (AvgIpc) is 2.87. The van der Waals surface area contributed by atoms with Gasteiger partial charge in [-0.3, -0.25) is 5.10 Å². The van der Waals surface area contributed by atoms with Crippen molar-refractivity contribution in [3.8, 4) is 11.3 Å². The molecule has 0 fully saturated rings. The largest absolute Gasteiger partial charge is 0.329 e. The van der Waals surface area contributed by atoms with Crippen LogP contribution >= 0.6 is 0 Å². The third-order valence-corrected chi connectivity index (χ3v) is 3.53. The van der Waals surface area contributed by atoms with Gasteiger partial charge >= 0.3 is 0 Å². The lowest BCUT2D eigenvalue weighted by Gasteiger charge is -2.15. The van der Waals surface area contributed by atoms with Crippen molar-refractivity contribution in [2.24, 2.45) is 5.73 Å². The van der Waals surface area contributed by atoms with Gasteiger partial charge in [-0.1, -0.05) is 38.1 Å². The van der Waals surface area contributed by atoms with E-state index < -0.39 is 0 Å². The molecule has 0 unspecified atom stereocenters. The second kappa shape index (κ2) is 6.68. The quantitative estimate of drug-likeness (QED) is 0.850. The average molecular weight is 272 g/mol. The smallest absolute Gasteiger partial charge is 0.0695 e. The summed E-state index contributed by atoms with van der Waals surface area (Å²) in [7, 11) is 2.07. The van der Waals surface area contributed by atoms with E-state index in [4.69, 9.17) is 5.73 Å². The second-order valence-corrected chi connectivity index (χ2v) is 5.57. The molecule has 3 N–H and O–H groups in total. The summed E-state index contributed by atoms with van der Waals surface area (Å²) >= 11 is 0. The van der Waals surface area contributed by atoms with Gasteiger partial charge in [0.15, 0.2) is 0 Å². The SMILES string of the molecule is CC(C)c1ccc(-c2[nH]ncc2CN(C)CCN)cc1. The van der Waals surface area contributed by atoms with Crippen LogP contribution in [-0.2, 0) is 6.54 Å².